The zero-order valence-electron chi connectivity index (χ0n) is 15.8. The van der Waals surface area contributed by atoms with Gasteiger partial charge in [0.15, 0.2) is 23.0 Å². The van der Waals surface area contributed by atoms with Crippen LogP contribution in [0, 0.1) is 10.1 Å². The molecule has 0 saturated carbocycles. The van der Waals surface area contributed by atoms with Crippen molar-refractivity contribution in [3.63, 3.8) is 0 Å². The summed E-state index contributed by atoms with van der Waals surface area (Å²) in [6, 6.07) is 7.43. The summed E-state index contributed by atoms with van der Waals surface area (Å²) in [6.07, 6.45) is 0. The van der Waals surface area contributed by atoms with E-state index in [4.69, 9.17) is 23.8 Å². The normalized spacial score (nSPS) is 10.1. The standard InChI is InChI=1S/C18H20N2O8/c1-24-14-6-5-11(7-15(14)25-2)10-28-19-18(21)12-8-16(26-3)17(27-4)9-13(12)20(22)23/h5-9H,10H2,1-4H3,(H,19,21). The molecule has 0 heterocycles. The molecule has 0 unspecified atom stereocenters. The second-order valence-corrected chi connectivity index (χ2v) is 5.39. The molecule has 0 bridgehead atoms. The number of nitrogens with zero attached hydrogens (tertiary/aromatic N) is 1. The molecule has 2 aromatic rings. The molecule has 28 heavy (non-hydrogen) atoms. The Morgan fingerprint density at radius 2 is 1.50 bits per heavy atom. The first-order valence-electron chi connectivity index (χ1n) is 7.98. The van der Waals surface area contributed by atoms with Crippen molar-refractivity contribution in [1.82, 2.24) is 5.48 Å². The largest absolute Gasteiger partial charge is 0.493 e. The van der Waals surface area contributed by atoms with Gasteiger partial charge in [0.25, 0.3) is 11.6 Å². The number of hydrogen-bond donors (Lipinski definition) is 1. The van der Waals surface area contributed by atoms with E-state index >= 15 is 0 Å². The number of hydrogen-bond acceptors (Lipinski definition) is 8. The second-order valence-electron chi connectivity index (χ2n) is 5.39. The first-order valence-corrected chi connectivity index (χ1v) is 7.98. The number of ether oxygens (including phenoxy) is 4. The van der Waals surface area contributed by atoms with Crippen molar-refractivity contribution in [2.45, 2.75) is 6.61 Å². The van der Waals surface area contributed by atoms with Crippen molar-refractivity contribution < 1.29 is 33.5 Å². The number of amides is 1. The lowest BCUT2D eigenvalue weighted by Gasteiger charge is -2.12. The summed E-state index contributed by atoms with van der Waals surface area (Å²) in [7, 11) is 5.72. The van der Waals surface area contributed by atoms with E-state index in [0.717, 1.165) is 6.07 Å². The maximum absolute atomic E-state index is 12.4. The zero-order valence-corrected chi connectivity index (χ0v) is 15.8. The summed E-state index contributed by atoms with van der Waals surface area (Å²) in [5.41, 5.74) is 2.21. The third-order valence-electron chi connectivity index (χ3n) is 3.79. The van der Waals surface area contributed by atoms with Crippen LogP contribution in [0.2, 0.25) is 0 Å². The summed E-state index contributed by atoms with van der Waals surface area (Å²) in [5.74, 6) is 0.574. The van der Waals surface area contributed by atoms with Gasteiger partial charge in [-0.2, -0.15) is 0 Å². The number of rotatable bonds is 9. The molecular weight excluding hydrogens is 372 g/mol. The first kappa shape index (κ1) is 20.8. The summed E-state index contributed by atoms with van der Waals surface area (Å²) < 4.78 is 20.5. The SMILES string of the molecule is COc1ccc(CONC(=O)c2cc(OC)c(OC)cc2[N+](=O)[O-])cc1OC. The number of nitro benzene ring substituents is 1. The van der Waals surface area contributed by atoms with Crippen LogP contribution in [0.3, 0.4) is 0 Å². The van der Waals surface area contributed by atoms with Crippen LogP contribution in [0.25, 0.3) is 0 Å². The molecule has 1 amide bonds. The van der Waals surface area contributed by atoms with Crippen LogP contribution in [0.15, 0.2) is 30.3 Å². The molecular formula is C18H20N2O8. The molecule has 1 N–H and O–H groups in total. The number of nitro groups is 1. The highest BCUT2D eigenvalue weighted by atomic mass is 16.7. The predicted molar refractivity (Wildman–Crippen MR) is 98.0 cm³/mol. The molecule has 0 aliphatic heterocycles. The minimum atomic E-state index is -0.798. The van der Waals surface area contributed by atoms with E-state index < -0.39 is 16.5 Å². The zero-order chi connectivity index (χ0) is 20.7. The van der Waals surface area contributed by atoms with E-state index in [0.29, 0.717) is 17.1 Å². The number of carbonyl (C=O) groups is 1. The summed E-state index contributed by atoms with van der Waals surface area (Å²) in [5, 5.41) is 11.3. The Labute approximate surface area is 161 Å². The molecule has 0 spiro atoms. The topological polar surface area (TPSA) is 118 Å². The molecule has 0 aromatic heterocycles. The molecule has 0 fully saturated rings. The Morgan fingerprint density at radius 1 is 0.929 bits per heavy atom. The van der Waals surface area contributed by atoms with Crippen molar-refractivity contribution in [1.29, 1.82) is 0 Å². The van der Waals surface area contributed by atoms with Crippen LogP contribution in [-0.2, 0) is 11.4 Å². The summed E-state index contributed by atoms with van der Waals surface area (Å²) >= 11 is 0. The van der Waals surface area contributed by atoms with Gasteiger partial charge in [-0.05, 0) is 17.7 Å². The third-order valence-corrected chi connectivity index (χ3v) is 3.79. The highest BCUT2D eigenvalue weighted by molar-refractivity contribution is 5.98. The van der Waals surface area contributed by atoms with E-state index in [2.05, 4.69) is 5.48 Å². The lowest BCUT2D eigenvalue weighted by molar-refractivity contribution is -0.385. The molecule has 2 rings (SSSR count). The first-order chi connectivity index (χ1) is 13.4. The molecule has 0 atom stereocenters. The van der Waals surface area contributed by atoms with Gasteiger partial charge in [0.1, 0.15) is 5.56 Å². The molecule has 10 heteroatoms. The van der Waals surface area contributed by atoms with Gasteiger partial charge in [0.05, 0.1) is 46.0 Å². The van der Waals surface area contributed by atoms with Crippen LogP contribution in [0.1, 0.15) is 15.9 Å². The Morgan fingerprint density at radius 3 is 2.07 bits per heavy atom. The minimum Gasteiger partial charge on any atom is -0.493 e. The quantitative estimate of drug-likeness (QED) is 0.511. The Bertz CT molecular complexity index is 869. The minimum absolute atomic E-state index is 0.00712. The Kier molecular flexibility index (Phi) is 6.99. The third kappa shape index (κ3) is 4.60. The highest BCUT2D eigenvalue weighted by Gasteiger charge is 2.24. The maximum atomic E-state index is 12.4. The summed E-state index contributed by atoms with van der Waals surface area (Å²) in [6.45, 7) is 0.00712. The molecule has 150 valence electrons. The summed E-state index contributed by atoms with van der Waals surface area (Å²) in [4.78, 5) is 28.1. The van der Waals surface area contributed by atoms with Crippen LogP contribution in [-0.4, -0.2) is 39.3 Å². The average molecular weight is 392 g/mol. The van der Waals surface area contributed by atoms with Crippen molar-refractivity contribution in [3.05, 3.63) is 51.6 Å². The number of hydroxylamine groups is 1. The van der Waals surface area contributed by atoms with Crippen LogP contribution in [0.5, 0.6) is 23.0 Å². The van der Waals surface area contributed by atoms with E-state index in [1.807, 2.05) is 0 Å². The average Bonchev–Trinajstić information content (AvgIpc) is 2.72. The number of carbonyl (C=O) groups excluding carboxylic acids is 1. The number of methoxy groups -OCH3 is 4. The van der Waals surface area contributed by atoms with Crippen molar-refractivity contribution in [2.24, 2.45) is 0 Å². The van der Waals surface area contributed by atoms with Gasteiger partial charge in [0, 0.05) is 6.07 Å². The van der Waals surface area contributed by atoms with E-state index in [1.54, 1.807) is 18.2 Å². The van der Waals surface area contributed by atoms with Gasteiger partial charge in [-0.15, -0.1) is 0 Å². The van der Waals surface area contributed by atoms with Crippen molar-refractivity contribution in [3.8, 4) is 23.0 Å². The lowest BCUT2D eigenvalue weighted by Crippen LogP contribution is -2.24. The molecule has 0 radical (unpaired) electrons. The van der Waals surface area contributed by atoms with Gasteiger partial charge in [-0.1, -0.05) is 6.07 Å². The molecule has 0 aliphatic rings. The smallest absolute Gasteiger partial charge is 0.286 e. The Hall–Kier alpha value is -3.53. The van der Waals surface area contributed by atoms with E-state index in [-0.39, 0.29) is 23.7 Å². The molecule has 0 saturated heterocycles. The fourth-order valence-electron chi connectivity index (χ4n) is 2.41. The second kappa shape index (κ2) is 9.42. The lowest BCUT2D eigenvalue weighted by atomic mass is 10.1. The molecule has 10 nitrogen and oxygen atoms in total. The van der Waals surface area contributed by atoms with Crippen LogP contribution in [0.4, 0.5) is 5.69 Å². The van der Waals surface area contributed by atoms with Crippen molar-refractivity contribution >= 4 is 11.6 Å². The molecule has 2 aromatic carbocycles. The molecule has 0 aliphatic carbocycles. The highest BCUT2D eigenvalue weighted by Crippen LogP contribution is 2.34. The van der Waals surface area contributed by atoms with Crippen LogP contribution >= 0.6 is 0 Å². The number of nitrogens with one attached hydrogen (secondary N) is 1. The van der Waals surface area contributed by atoms with Gasteiger partial charge in [-0.25, -0.2) is 5.48 Å². The fourth-order valence-corrected chi connectivity index (χ4v) is 2.41. The van der Waals surface area contributed by atoms with E-state index in [9.17, 15) is 14.9 Å². The van der Waals surface area contributed by atoms with Gasteiger partial charge in [0.2, 0.25) is 0 Å². The van der Waals surface area contributed by atoms with Gasteiger partial charge in [-0.3, -0.25) is 19.7 Å². The fraction of sp³-hybridized carbons (Fsp3) is 0.278. The van der Waals surface area contributed by atoms with Crippen LogP contribution < -0.4 is 24.4 Å². The number of benzene rings is 2. The monoisotopic (exact) mass is 392 g/mol. The van der Waals surface area contributed by atoms with E-state index in [1.165, 1.54) is 34.5 Å². The van der Waals surface area contributed by atoms with Gasteiger partial charge >= 0.3 is 0 Å². The van der Waals surface area contributed by atoms with Crippen molar-refractivity contribution in [2.75, 3.05) is 28.4 Å². The van der Waals surface area contributed by atoms with Gasteiger partial charge < -0.3 is 18.9 Å². The maximum Gasteiger partial charge on any atom is 0.286 e. The Balaban J connectivity index is 2.14. The predicted octanol–water partition coefficient (Wildman–Crippen LogP) is 2.49.